The number of benzene rings is 2. The van der Waals surface area contributed by atoms with Crippen LogP contribution in [0, 0.1) is 11.6 Å². The van der Waals surface area contributed by atoms with Gasteiger partial charge in [0.15, 0.2) is 0 Å². The maximum absolute atomic E-state index is 13.5. The Labute approximate surface area is 137 Å². The first kappa shape index (κ1) is 16.0. The van der Waals surface area contributed by atoms with Gasteiger partial charge in [-0.2, -0.15) is 0 Å². The summed E-state index contributed by atoms with van der Waals surface area (Å²) in [6.07, 6.45) is 0.561. The second-order valence-electron chi connectivity index (χ2n) is 5.41. The average molecular weight is 334 g/mol. The van der Waals surface area contributed by atoms with Crippen LogP contribution in [0.1, 0.15) is 5.56 Å². The number of hydrogen-bond donors (Lipinski definition) is 2. The summed E-state index contributed by atoms with van der Waals surface area (Å²) >= 11 is 0. The number of methoxy groups -OCH3 is 1. The SMILES string of the molecule is COc1ccc2c(c1)CC(NC(=O)Nc1ccc(F)cc1F)CO2. The van der Waals surface area contributed by atoms with E-state index in [1.165, 1.54) is 6.07 Å². The number of anilines is 1. The topological polar surface area (TPSA) is 59.6 Å². The van der Waals surface area contributed by atoms with Crippen molar-refractivity contribution in [2.75, 3.05) is 19.0 Å². The molecule has 2 aromatic rings. The molecular formula is C17H16F2N2O3. The van der Waals surface area contributed by atoms with E-state index in [1.54, 1.807) is 13.2 Å². The van der Waals surface area contributed by atoms with Gasteiger partial charge >= 0.3 is 6.03 Å². The van der Waals surface area contributed by atoms with Gasteiger partial charge < -0.3 is 20.1 Å². The molecule has 126 valence electrons. The molecule has 1 heterocycles. The Morgan fingerprint density at radius 2 is 2.08 bits per heavy atom. The lowest BCUT2D eigenvalue weighted by molar-refractivity contribution is 0.222. The molecule has 0 saturated carbocycles. The molecule has 2 N–H and O–H groups in total. The highest BCUT2D eigenvalue weighted by molar-refractivity contribution is 5.89. The van der Waals surface area contributed by atoms with Crippen LogP contribution in [-0.4, -0.2) is 25.8 Å². The van der Waals surface area contributed by atoms with Gasteiger partial charge in [-0.05, 0) is 42.3 Å². The molecule has 0 saturated heterocycles. The van der Waals surface area contributed by atoms with Crippen LogP contribution in [0.25, 0.3) is 0 Å². The lowest BCUT2D eigenvalue weighted by atomic mass is 10.0. The van der Waals surface area contributed by atoms with E-state index in [4.69, 9.17) is 9.47 Å². The normalized spacial score (nSPS) is 15.9. The lowest BCUT2D eigenvalue weighted by Gasteiger charge is -2.26. The van der Waals surface area contributed by atoms with Crippen molar-refractivity contribution in [3.63, 3.8) is 0 Å². The van der Waals surface area contributed by atoms with E-state index in [1.807, 2.05) is 12.1 Å². The molecule has 1 aliphatic heterocycles. The third kappa shape index (κ3) is 3.56. The molecule has 0 bridgehead atoms. The van der Waals surface area contributed by atoms with Gasteiger partial charge in [0.2, 0.25) is 0 Å². The zero-order chi connectivity index (χ0) is 17.1. The molecule has 0 fully saturated rings. The van der Waals surface area contributed by atoms with Crippen molar-refractivity contribution in [3.05, 3.63) is 53.6 Å². The minimum absolute atomic E-state index is 0.0901. The molecule has 0 aromatic heterocycles. The van der Waals surface area contributed by atoms with E-state index >= 15 is 0 Å². The lowest BCUT2D eigenvalue weighted by Crippen LogP contribution is -2.44. The fourth-order valence-electron chi connectivity index (χ4n) is 2.53. The largest absolute Gasteiger partial charge is 0.497 e. The molecule has 0 spiro atoms. The van der Waals surface area contributed by atoms with Crippen LogP contribution in [0.2, 0.25) is 0 Å². The molecular weight excluding hydrogens is 318 g/mol. The van der Waals surface area contributed by atoms with Gasteiger partial charge in [0.1, 0.15) is 29.7 Å². The Balaban J connectivity index is 1.63. The number of hydrogen-bond acceptors (Lipinski definition) is 3. The van der Waals surface area contributed by atoms with Crippen LogP contribution in [0.4, 0.5) is 19.3 Å². The first-order valence-corrected chi connectivity index (χ1v) is 7.37. The highest BCUT2D eigenvalue weighted by Crippen LogP contribution is 2.28. The van der Waals surface area contributed by atoms with Crippen LogP contribution >= 0.6 is 0 Å². The van der Waals surface area contributed by atoms with Gasteiger partial charge in [0.25, 0.3) is 0 Å². The van der Waals surface area contributed by atoms with E-state index in [9.17, 15) is 13.6 Å². The molecule has 24 heavy (non-hydrogen) atoms. The quantitative estimate of drug-likeness (QED) is 0.907. The Morgan fingerprint density at radius 1 is 1.25 bits per heavy atom. The number of urea groups is 1. The second-order valence-corrected chi connectivity index (χ2v) is 5.41. The number of halogens is 2. The van der Waals surface area contributed by atoms with Crippen LogP contribution < -0.4 is 20.1 Å². The van der Waals surface area contributed by atoms with Crippen molar-refractivity contribution < 1.29 is 23.0 Å². The van der Waals surface area contributed by atoms with Crippen LogP contribution in [-0.2, 0) is 6.42 Å². The average Bonchev–Trinajstić information content (AvgIpc) is 2.56. The molecule has 7 heteroatoms. The summed E-state index contributed by atoms with van der Waals surface area (Å²) in [5.41, 5.74) is 0.826. The first-order valence-electron chi connectivity index (χ1n) is 7.37. The summed E-state index contributed by atoms with van der Waals surface area (Å²) in [6, 6.07) is 7.57. The molecule has 1 atom stereocenters. The third-order valence-electron chi connectivity index (χ3n) is 3.69. The predicted molar refractivity (Wildman–Crippen MR) is 84.5 cm³/mol. The fraction of sp³-hybridized carbons (Fsp3) is 0.235. The molecule has 2 aromatic carbocycles. The Hall–Kier alpha value is -2.83. The molecule has 1 aliphatic rings. The Morgan fingerprint density at radius 3 is 2.83 bits per heavy atom. The first-order chi connectivity index (χ1) is 11.5. The Kier molecular flexibility index (Phi) is 4.50. The number of rotatable bonds is 3. The van der Waals surface area contributed by atoms with Crippen molar-refractivity contribution in [3.8, 4) is 11.5 Å². The summed E-state index contributed by atoms with van der Waals surface area (Å²) in [5.74, 6) is -0.0838. The number of carbonyl (C=O) groups is 1. The molecule has 1 unspecified atom stereocenters. The molecule has 2 amide bonds. The maximum atomic E-state index is 13.5. The number of nitrogens with one attached hydrogen (secondary N) is 2. The second kappa shape index (κ2) is 6.74. The van der Waals surface area contributed by atoms with Gasteiger partial charge in [0, 0.05) is 6.07 Å². The van der Waals surface area contributed by atoms with Crippen molar-refractivity contribution >= 4 is 11.7 Å². The molecule has 3 rings (SSSR count). The number of ether oxygens (including phenoxy) is 2. The van der Waals surface area contributed by atoms with Gasteiger partial charge in [0.05, 0.1) is 18.8 Å². The highest BCUT2D eigenvalue weighted by atomic mass is 19.1. The monoisotopic (exact) mass is 334 g/mol. The van der Waals surface area contributed by atoms with Crippen LogP contribution in [0.3, 0.4) is 0 Å². The van der Waals surface area contributed by atoms with Crippen molar-refractivity contribution in [1.29, 1.82) is 0 Å². The number of carbonyl (C=O) groups excluding carboxylic acids is 1. The molecule has 0 aliphatic carbocycles. The fourth-order valence-corrected chi connectivity index (χ4v) is 2.53. The minimum Gasteiger partial charge on any atom is -0.497 e. The van der Waals surface area contributed by atoms with Crippen molar-refractivity contribution in [1.82, 2.24) is 5.32 Å². The number of fused-ring (bicyclic) bond motifs is 1. The third-order valence-corrected chi connectivity index (χ3v) is 3.69. The predicted octanol–water partition coefficient (Wildman–Crippen LogP) is 3.10. The minimum atomic E-state index is -0.833. The highest BCUT2D eigenvalue weighted by Gasteiger charge is 2.22. The zero-order valence-corrected chi connectivity index (χ0v) is 12.9. The van der Waals surface area contributed by atoms with E-state index in [0.717, 1.165) is 17.4 Å². The number of amides is 2. The Bertz CT molecular complexity index is 767. The van der Waals surface area contributed by atoms with Crippen LogP contribution in [0.5, 0.6) is 11.5 Å². The van der Waals surface area contributed by atoms with E-state index in [2.05, 4.69) is 10.6 Å². The maximum Gasteiger partial charge on any atom is 0.319 e. The van der Waals surface area contributed by atoms with E-state index < -0.39 is 17.7 Å². The van der Waals surface area contributed by atoms with E-state index in [0.29, 0.717) is 24.8 Å². The summed E-state index contributed by atoms with van der Waals surface area (Å²) in [6.45, 7) is 0.304. The summed E-state index contributed by atoms with van der Waals surface area (Å²) in [4.78, 5) is 12.0. The summed E-state index contributed by atoms with van der Waals surface area (Å²) in [7, 11) is 1.58. The molecule has 5 nitrogen and oxygen atoms in total. The van der Waals surface area contributed by atoms with Gasteiger partial charge in [-0.25, -0.2) is 13.6 Å². The summed E-state index contributed by atoms with van der Waals surface area (Å²) in [5, 5.41) is 5.07. The van der Waals surface area contributed by atoms with Crippen molar-refractivity contribution in [2.45, 2.75) is 12.5 Å². The van der Waals surface area contributed by atoms with E-state index in [-0.39, 0.29) is 11.7 Å². The smallest absolute Gasteiger partial charge is 0.319 e. The zero-order valence-electron chi connectivity index (χ0n) is 12.9. The van der Waals surface area contributed by atoms with Gasteiger partial charge in [-0.3, -0.25) is 0 Å². The molecule has 0 radical (unpaired) electrons. The van der Waals surface area contributed by atoms with Crippen LogP contribution in [0.15, 0.2) is 36.4 Å². The van der Waals surface area contributed by atoms with Crippen molar-refractivity contribution in [2.24, 2.45) is 0 Å². The summed E-state index contributed by atoms with van der Waals surface area (Å²) < 4.78 is 37.2. The standard InChI is InChI=1S/C17H16F2N2O3/c1-23-13-3-5-16-10(7-13)6-12(9-24-16)20-17(22)21-15-4-2-11(18)8-14(15)19/h2-5,7-8,12H,6,9H2,1H3,(H2,20,21,22). The van der Waals surface area contributed by atoms with Gasteiger partial charge in [-0.15, -0.1) is 0 Å². The van der Waals surface area contributed by atoms with Gasteiger partial charge in [-0.1, -0.05) is 0 Å².